The maximum atomic E-state index is 13.2. The predicted octanol–water partition coefficient (Wildman–Crippen LogP) is 5.25. The van der Waals surface area contributed by atoms with Crippen molar-refractivity contribution in [2.24, 2.45) is 0 Å². The summed E-state index contributed by atoms with van der Waals surface area (Å²) in [6, 6.07) is 13.9. The van der Waals surface area contributed by atoms with E-state index in [9.17, 15) is 27.9 Å². The minimum Gasteiger partial charge on any atom is -0.507 e. The molecule has 1 fully saturated rings. The molecule has 1 saturated heterocycles. The van der Waals surface area contributed by atoms with Crippen molar-refractivity contribution in [1.82, 2.24) is 14.9 Å². The van der Waals surface area contributed by atoms with Crippen molar-refractivity contribution in [3.05, 3.63) is 107 Å². The molecule has 36 heavy (non-hydrogen) atoms. The molecule has 182 valence electrons. The number of pyridine rings is 1. The van der Waals surface area contributed by atoms with Crippen LogP contribution in [0.3, 0.4) is 0 Å². The average Bonchev–Trinajstić information content (AvgIpc) is 3.41. The molecule has 0 bridgehead atoms. The van der Waals surface area contributed by atoms with Crippen LogP contribution in [0.25, 0.3) is 16.7 Å². The number of hydrogen-bond acceptors (Lipinski definition) is 4. The number of hydrogen-bond donors (Lipinski definition) is 2. The molecule has 0 aliphatic carbocycles. The van der Waals surface area contributed by atoms with Crippen molar-refractivity contribution in [2.45, 2.75) is 18.6 Å². The van der Waals surface area contributed by atoms with E-state index in [1.54, 1.807) is 6.07 Å². The third-order valence-electron chi connectivity index (χ3n) is 6.33. The number of nitrogens with zero attached hydrogens (tertiary/aromatic N) is 2. The standard InChI is InChI=1S/C27H20F3N3O3/c28-27(29,30)19-9-7-16(8-10-19)23-22(24(34)18-4-3-12-31-14-18)25(35)26(36)33(23)13-11-17-15-32-21-6-2-1-5-20(17)21/h1-10,12,14-15,23,32,34H,11,13H2. The van der Waals surface area contributed by atoms with Crippen LogP contribution in [0, 0.1) is 0 Å². The first-order chi connectivity index (χ1) is 17.3. The van der Waals surface area contributed by atoms with Crippen molar-refractivity contribution < 1.29 is 27.9 Å². The van der Waals surface area contributed by atoms with Crippen molar-refractivity contribution in [3.8, 4) is 0 Å². The van der Waals surface area contributed by atoms with Gasteiger partial charge in [0.05, 0.1) is 17.2 Å². The van der Waals surface area contributed by atoms with Crippen molar-refractivity contribution in [3.63, 3.8) is 0 Å². The molecule has 0 spiro atoms. The fraction of sp³-hybridized carbons (Fsp3) is 0.148. The summed E-state index contributed by atoms with van der Waals surface area (Å²) in [7, 11) is 0. The van der Waals surface area contributed by atoms with Gasteiger partial charge >= 0.3 is 6.18 Å². The van der Waals surface area contributed by atoms with Crippen LogP contribution in [0.5, 0.6) is 0 Å². The fourth-order valence-electron chi connectivity index (χ4n) is 4.55. The van der Waals surface area contributed by atoms with Gasteiger partial charge in [-0.2, -0.15) is 13.2 Å². The number of para-hydroxylation sites is 1. The molecule has 1 atom stereocenters. The minimum absolute atomic E-state index is 0.113. The molecule has 9 heteroatoms. The predicted molar refractivity (Wildman–Crippen MR) is 127 cm³/mol. The van der Waals surface area contributed by atoms with E-state index in [-0.39, 0.29) is 23.2 Å². The van der Waals surface area contributed by atoms with Gasteiger partial charge in [-0.15, -0.1) is 0 Å². The molecule has 1 unspecified atom stereocenters. The van der Waals surface area contributed by atoms with Crippen LogP contribution in [0.4, 0.5) is 13.2 Å². The molecule has 1 aliphatic heterocycles. The number of fused-ring (bicyclic) bond motifs is 1. The van der Waals surface area contributed by atoms with Crippen LogP contribution < -0.4 is 0 Å². The number of carbonyl (C=O) groups excluding carboxylic acids is 2. The monoisotopic (exact) mass is 491 g/mol. The minimum atomic E-state index is -4.54. The van der Waals surface area contributed by atoms with Gasteiger partial charge < -0.3 is 15.0 Å². The first-order valence-corrected chi connectivity index (χ1v) is 11.2. The number of rotatable bonds is 5. The summed E-state index contributed by atoms with van der Waals surface area (Å²) in [6.45, 7) is 0.113. The van der Waals surface area contributed by atoms with Crippen LogP contribution in [0.15, 0.2) is 84.8 Å². The highest BCUT2D eigenvalue weighted by Gasteiger charge is 2.46. The summed E-state index contributed by atoms with van der Waals surface area (Å²) in [4.78, 5) is 34.6. The van der Waals surface area contributed by atoms with Gasteiger partial charge in [0.1, 0.15) is 5.76 Å². The first kappa shape index (κ1) is 23.3. The van der Waals surface area contributed by atoms with Crippen molar-refractivity contribution in [2.75, 3.05) is 6.54 Å². The van der Waals surface area contributed by atoms with Gasteiger partial charge in [0.25, 0.3) is 11.7 Å². The Morgan fingerprint density at radius 1 is 1.03 bits per heavy atom. The second kappa shape index (κ2) is 8.99. The third kappa shape index (κ3) is 4.13. The van der Waals surface area contributed by atoms with E-state index in [0.717, 1.165) is 28.6 Å². The summed E-state index contributed by atoms with van der Waals surface area (Å²) in [6.07, 6.45) is 0.513. The molecule has 3 heterocycles. The lowest BCUT2D eigenvalue weighted by atomic mass is 9.95. The SMILES string of the molecule is O=C1C(=O)N(CCc2c[nH]c3ccccc23)C(c2ccc(C(F)(F)F)cc2)C1=C(O)c1cccnc1. The van der Waals surface area contributed by atoms with E-state index in [4.69, 9.17) is 0 Å². The van der Waals surface area contributed by atoms with Gasteiger partial charge in [0.2, 0.25) is 0 Å². The zero-order chi connectivity index (χ0) is 25.4. The van der Waals surface area contributed by atoms with Crippen LogP contribution >= 0.6 is 0 Å². The van der Waals surface area contributed by atoms with Crippen molar-refractivity contribution >= 4 is 28.4 Å². The number of amides is 1. The second-order valence-corrected chi connectivity index (χ2v) is 8.46. The normalized spacial score (nSPS) is 17.8. The van der Waals surface area contributed by atoms with Gasteiger partial charge in [-0.05, 0) is 47.9 Å². The Bertz CT molecular complexity index is 1470. The molecule has 2 N–H and O–H groups in total. The smallest absolute Gasteiger partial charge is 0.416 e. The lowest BCUT2D eigenvalue weighted by Gasteiger charge is -2.25. The Kier molecular flexibility index (Phi) is 5.83. The first-order valence-electron chi connectivity index (χ1n) is 11.2. The number of H-pyrrole nitrogens is 1. The number of aliphatic hydroxyl groups is 1. The summed E-state index contributed by atoms with van der Waals surface area (Å²) in [5.41, 5.74) is 1.31. The number of ketones is 1. The van der Waals surface area contributed by atoms with Gasteiger partial charge in [-0.3, -0.25) is 14.6 Å². The van der Waals surface area contributed by atoms with Crippen LogP contribution in [0.1, 0.15) is 28.3 Å². The number of carbonyl (C=O) groups is 2. The van der Waals surface area contributed by atoms with E-state index in [2.05, 4.69) is 9.97 Å². The zero-order valence-electron chi connectivity index (χ0n) is 18.8. The van der Waals surface area contributed by atoms with Gasteiger partial charge in [0, 0.05) is 41.6 Å². The number of aromatic amines is 1. The van der Waals surface area contributed by atoms with E-state index < -0.39 is 35.2 Å². The number of benzene rings is 2. The van der Waals surface area contributed by atoms with Gasteiger partial charge in [-0.1, -0.05) is 30.3 Å². The van der Waals surface area contributed by atoms with E-state index >= 15 is 0 Å². The van der Waals surface area contributed by atoms with E-state index in [1.807, 2.05) is 30.5 Å². The molecular formula is C27H20F3N3O3. The molecule has 0 saturated carbocycles. The number of nitrogens with one attached hydrogen (secondary N) is 1. The fourth-order valence-corrected chi connectivity index (χ4v) is 4.55. The topological polar surface area (TPSA) is 86.3 Å². The highest BCUT2D eigenvalue weighted by Crippen LogP contribution is 2.40. The molecule has 0 radical (unpaired) electrons. The lowest BCUT2D eigenvalue weighted by molar-refractivity contribution is -0.139. The molecule has 6 nitrogen and oxygen atoms in total. The molecule has 1 aliphatic rings. The molecule has 2 aromatic carbocycles. The Labute approximate surface area is 203 Å². The zero-order valence-corrected chi connectivity index (χ0v) is 18.8. The highest BCUT2D eigenvalue weighted by atomic mass is 19.4. The molecule has 4 aromatic rings. The number of likely N-dealkylation sites (tertiary alicyclic amines) is 1. The Morgan fingerprint density at radius 2 is 1.78 bits per heavy atom. The van der Waals surface area contributed by atoms with Crippen LogP contribution in [-0.4, -0.2) is 38.2 Å². The largest absolute Gasteiger partial charge is 0.507 e. The quantitative estimate of drug-likeness (QED) is 0.227. The summed E-state index contributed by atoms with van der Waals surface area (Å²) < 4.78 is 39.5. The maximum Gasteiger partial charge on any atom is 0.416 e. The highest BCUT2D eigenvalue weighted by molar-refractivity contribution is 6.46. The number of halogens is 3. The Balaban J connectivity index is 1.56. The molecule has 2 aromatic heterocycles. The average molecular weight is 491 g/mol. The number of aliphatic hydroxyl groups excluding tert-OH is 1. The van der Waals surface area contributed by atoms with E-state index in [1.165, 1.54) is 35.5 Å². The van der Waals surface area contributed by atoms with Crippen LogP contribution in [-0.2, 0) is 22.2 Å². The number of alkyl halides is 3. The summed E-state index contributed by atoms with van der Waals surface area (Å²) in [5, 5.41) is 12.0. The summed E-state index contributed by atoms with van der Waals surface area (Å²) in [5.74, 6) is -2.16. The van der Waals surface area contributed by atoms with Crippen molar-refractivity contribution in [1.29, 1.82) is 0 Å². The molecule has 1 amide bonds. The Hall–Kier alpha value is -4.40. The van der Waals surface area contributed by atoms with Gasteiger partial charge in [0.15, 0.2) is 0 Å². The molecular weight excluding hydrogens is 471 g/mol. The lowest BCUT2D eigenvalue weighted by Crippen LogP contribution is -2.31. The second-order valence-electron chi connectivity index (χ2n) is 8.46. The number of Topliss-reactive ketones (excluding diaryl/α,β-unsaturated/α-hetero) is 1. The van der Waals surface area contributed by atoms with Crippen LogP contribution in [0.2, 0.25) is 0 Å². The molecule has 5 rings (SSSR count). The van der Waals surface area contributed by atoms with E-state index in [0.29, 0.717) is 6.42 Å². The maximum absolute atomic E-state index is 13.2. The van der Waals surface area contributed by atoms with Gasteiger partial charge in [-0.25, -0.2) is 0 Å². The number of aromatic nitrogens is 2. The Morgan fingerprint density at radius 3 is 2.47 bits per heavy atom. The summed E-state index contributed by atoms with van der Waals surface area (Å²) >= 11 is 0. The third-order valence-corrected chi connectivity index (χ3v) is 6.33.